The number of nitrogens with zero attached hydrogens (tertiary/aromatic N) is 1. The lowest BCUT2D eigenvalue weighted by molar-refractivity contribution is 0.0682. The molecule has 5 nitrogen and oxygen atoms in total. The van der Waals surface area contributed by atoms with Crippen molar-refractivity contribution in [2.45, 2.75) is 0 Å². The lowest BCUT2D eigenvalue weighted by Gasteiger charge is -2.03. The Bertz CT molecular complexity index is 288. The van der Waals surface area contributed by atoms with Crippen molar-refractivity contribution in [2.75, 3.05) is 7.05 Å². The molecule has 0 fully saturated rings. The molecule has 0 aliphatic rings. The molecule has 0 aliphatic carbocycles. The Labute approximate surface area is 69.0 Å². The summed E-state index contributed by atoms with van der Waals surface area (Å²) in [6.45, 7) is 0. The van der Waals surface area contributed by atoms with E-state index in [2.05, 4.69) is 10.5 Å². The molecule has 1 heterocycles. The summed E-state index contributed by atoms with van der Waals surface area (Å²) in [5.41, 5.74) is 2.27. The average molecular weight is 168 g/mol. The molecule has 0 aliphatic heterocycles. The number of hydrogen-bond acceptors (Lipinski definition) is 4. The molecule has 0 bridgehead atoms. The topological polar surface area (TPSA) is 71.5 Å². The number of carbonyl (C=O) groups is 1. The second-order valence-corrected chi connectivity index (χ2v) is 1.96. The third kappa shape index (κ3) is 1.70. The SMILES string of the molecule is CNOc1cccnc1C(=O)O. The maximum atomic E-state index is 10.5. The molecule has 64 valence electrons. The fourth-order valence-corrected chi connectivity index (χ4v) is 0.743. The van der Waals surface area contributed by atoms with Crippen molar-refractivity contribution in [3.05, 3.63) is 24.0 Å². The summed E-state index contributed by atoms with van der Waals surface area (Å²) in [6, 6.07) is 3.12. The summed E-state index contributed by atoms with van der Waals surface area (Å²) in [7, 11) is 1.54. The van der Waals surface area contributed by atoms with Gasteiger partial charge < -0.3 is 9.94 Å². The van der Waals surface area contributed by atoms with E-state index in [0.717, 1.165) is 0 Å². The normalized spacial score (nSPS) is 9.42. The van der Waals surface area contributed by atoms with Crippen LogP contribution in [-0.2, 0) is 0 Å². The van der Waals surface area contributed by atoms with Gasteiger partial charge in [-0.3, -0.25) is 0 Å². The molecule has 0 unspecified atom stereocenters. The van der Waals surface area contributed by atoms with Crippen molar-refractivity contribution in [3.63, 3.8) is 0 Å². The summed E-state index contributed by atoms with van der Waals surface area (Å²) in [5, 5.41) is 8.62. The Kier molecular flexibility index (Phi) is 2.60. The van der Waals surface area contributed by atoms with E-state index in [-0.39, 0.29) is 11.4 Å². The van der Waals surface area contributed by atoms with Gasteiger partial charge in [0.1, 0.15) is 0 Å². The van der Waals surface area contributed by atoms with Crippen LogP contribution in [0.5, 0.6) is 5.75 Å². The van der Waals surface area contributed by atoms with Crippen LogP contribution < -0.4 is 10.3 Å². The van der Waals surface area contributed by atoms with Crippen LogP contribution in [0.25, 0.3) is 0 Å². The standard InChI is InChI=1S/C7H8N2O3/c1-8-12-5-3-2-4-9-6(5)7(10)11/h2-4,8H,1H3,(H,10,11). The van der Waals surface area contributed by atoms with Gasteiger partial charge in [-0.1, -0.05) is 0 Å². The number of rotatable bonds is 3. The van der Waals surface area contributed by atoms with Crippen LogP contribution in [-0.4, -0.2) is 23.1 Å². The lowest BCUT2D eigenvalue weighted by atomic mass is 10.3. The molecule has 0 radical (unpaired) electrons. The fraction of sp³-hybridized carbons (Fsp3) is 0.143. The molecule has 1 aromatic rings. The quantitative estimate of drug-likeness (QED) is 0.635. The number of hydrogen-bond donors (Lipinski definition) is 2. The minimum atomic E-state index is -1.11. The zero-order chi connectivity index (χ0) is 8.97. The predicted octanol–water partition coefficient (Wildman–Crippen LogP) is 0.293. The summed E-state index contributed by atoms with van der Waals surface area (Å²) in [5.74, 6) is -0.909. The molecule has 5 heteroatoms. The molecule has 1 rings (SSSR count). The van der Waals surface area contributed by atoms with E-state index in [1.54, 1.807) is 13.1 Å². The molecule has 12 heavy (non-hydrogen) atoms. The summed E-state index contributed by atoms with van der Waals surface area (Å²) in [4.78, 5) is 19.0. The van der Waals surface area contributed by atoms with Gasteiger partial charge in [-0.2, -0.15) is 5.48 Å². The highest BCUT2D eigenvalue weighted by Crippen LogP contribution is 2.13. The van der Waals surface area contributed by atoms with E-state index < -0.39 is 5.97 Å². The molecule has 0 saturated heterocycles. The van der Waals surface area contributed by atoms with Crippen molar-refractivity contribution in [1.29, 1.82) is 0 Å². The van der Waals surface area contributed by atoms with Crippen molar-refractivity contribution < 1.29 is 14.7 Å². The number of hydroxylamine groups is 1. The molecule has 1 aromatic heterocycles. The average Bonchev–Trinajstić information content (AvgIpc) is 2.05. The summed E-state index contributed by atoms with van der Waals surface area (Å²) >= 11 is 0. The second-order valence-electron chi connectivity index (χ2n) is 1.96. The third-order valence-electron chi connectivity index (χ3n) is 1.19. The van der Waals surface area contributed by atoms with Gasteiger partial charge >= 0.3 is 5.97 Å². The number of carboxylic acid groups (broad SMARTS) is 1. The highest BCUT2D eigenvalue weighted by molar-refractivity contribution is 5.88. The van der Waals surface area contributed by atoms with E-state index in [0.29, 0.717) is 0 Å². The van der Waals surface area contributed by atoms with Crippen LogP contribution in [0.1, 0.15) is 10.5 Å². The summed E-state index contributed by atoms with van der Waals surface area (Å²) in [6.07, 6.45) is 1.39. The number of aromatic nitrogens is 1. The monoisotopic (exact) mass is 168 g/mol. The highest BCUT2D eigenvalue weighted by atomic mass is 16.6. The van der Waals surface area contributed by atoms with Gasteiger partial charge in [0, 0.05) is 13.2 Å². The minimum Gasteiger partial charge on any atom is -0.476 e. The van der Waals surface area contributed by atoms with E-state index in [1.165, 1.54) is 12.3 Å². The maximum absolute atomic E-state index is 10.5. The zero-order valence-corrected chi connectivity index (χ0v) is 6.44. The zero-order valence-electron chi connectivity index (χ0n) is 6.44. The number of pyridine rings is 1. The van der Waals surface area contributed by atoms with Gasteiger partial charge in [-0.15, -0.1) is 0 Å². The molecular formula is C7H8N2O3. The first-order chi connectivity index (χ1) is 5.75. The first-order valence-electron chi connectivity index (χ1n) is 3.27. The van der Waals surface area contributed by atoms with E-state index in [1.807, 2.05) is 0 Å². The first kappa shape index (κ1) is 8.48. The Morgan fingerprint density at radius 1 is 1.75 bits per heavy atom. The number of aromatic carboxylic acids is 1. The Balaban J connectivity index is 3.00. The number of carboxylic acids is 1. The van der Waals surface area contributed by atoms with Crippen molar-refractivity contribution in [1.82, 2.24) is 10.5 Å². The van der Waals surface area contributed by atoms with E-state index >= 15 is 0 Å². The van der Waals surface area contributed by atoms with Crippen LogP contribution in [0, 0.1) is 0 Å². The van der Waals surface area contributed by atoms with Crippen LogP contribution in [0.3, 0.4) is 0 Å². The van der Waals surface area contributed by atoms with Gasteiger partial charge in [0.2, 0.25) is 0 Å². The molecule has 0 atom stereocenters. The minimum absolute atomic E-state index is 0.105. The molecule has 2 N–H and O–H groups in total. The van der Waals surface area contributed by atoms with Crippen molar-refractivity contribution in [2.24, 2.45) is 0 Å². The van der Waals surface area contributed by atoms with Gasteiger partial charge in [0.05, 0.1) is 0 Å². The second kappa shape index (κ2) is 3.68. The first-order valence-corrected chi connectivity index (χ1v) is 3.27. The van der Waals surface area contributed by atoms with Gasteiger partial charge in [-0.05, 0) is 12.1 Å². The molecule has 0 spiro atoms. The van der Waals surface area contributed by atoms with Crippen LogP contribution >= 0.6 is 0 Å². The Morgan fingerprint density at radius 3 is 3.08 bits per heavy atom. The highest BCUT2D eigenvalue weighted by Gasteiger charge is 2.11. The van der Waals surface area contributed by atoms with Gasteiger partial charge in [-0.25, -0.2) is 9.78 Å². The van der Waals surface area contributed by atoms with Crippen molar-refractivity contribution >= 4 is 5.97 Å². The van der Waals surface area contributed by atoms with Gasteiger partial charge in [0.25, 0.3) is 0 Å². The van der Waals surface area contributed by atoms with Crippen LogP contribution in [0.4, 0.5) is 0 Å². The molecular weight excluding hydrogens is 160 g/mol. The largest absolute Gasteiger partial charge is 0.476 e. The summed E-state index contributed by atoms with van der Waals surface area (Å²) < 4.78 is 0. The smallest absolute Gasteiger partial charge is 0.358 e. The maximum Gasteiger partial charge on any atom is 0.358 e. The molecule has 0 saturated carbocycles. The van der Waals surface area contributed by atoms with Gasteiger partial charge in [0.15, 0.2) is 11.4 Å². The Morgan fingerprint density at radius 2 is 2.50 bits per heavy atom. The third-order valence-corrected chi connectivity index (χ3v) is 1.19. The van der Waals surface area contributed by atoms with Crippen LogP contribution in [0.2, 0.25) is 0 Å². The van der Waals surface area contributed by atoms with E-state index in [4.69, 9.17) is 9.94 Å². The van der Waals surface area contributed by atoms with Crippen molar-refractivity contribution in [3.8, 4) is 5.75 Å². The number of nitrogens with one attached hydrogen (secondary N) is 1. The van der Waals surface area contributed by atoms with Crippen LogP contribution in [0.15, 0.2) is 18.3 Å². The predicted molar refractivity (Wildman–Crippen MR) is 40.9 cm³/mol. The fourth-order valence-electron chi connectivity index (χ4n) is 0.743. The molecule has 0 amide bonds. The molecule has 0 aromatic carbocycles. The Hall–Kier alpha value is -1.62. The lowest BCUT2D eigenvalue weighted by Crippen LogP contribution is -2.14. The van der Waals surface area contributed by atoms with E-state index in [9.17, 15) is 4.79 Å².